The van der Waals surface area contributed by atoms with E-state index < -0.39 is 6.04 Å². The third-order valence-corrected chi connectivity index (χ3v) is 7.51. The van der Waals surface area contributed by atoms with E-state index >= 15 is 0 Å². The predicted octanol–water partition coefficient (Wildman–Crippen LogP) is 4.45. The highest BCUT2D eigenvalue weighted by atomic mass is 35.5. The molecule has 0 bridgehead atoms. The number of halogens is 1. The number of ether oxygens (including phenoxy) is 1. The summed E-state index contributed by atoms with van der Waals surface area (Å²) >= 11 is 6.62. The fourth-order valence-electron chi connectivity index (χ4n) is 4.95. The maximum Gasteiger partial charge on any atom is 0.275 e. The van der Waals surface area contributed by atoms with Crippen LogP contribution in [0.25, 0.3) is 11.1 Å². The molecule has 2 aliphatic rings. The summed E-state index contributed by atoms with van der Waals surface area (Å²) in [5, 5.41) is 5.00. The molecule has 0 saturated heterocycles. The Morgan fingerprint density at radius 2 is 1.89 bits per heavy atom. The molecule has 4 aromatic rings. The number of carbonyl (C=O) groups excluding carboxylic acids is 2. The zero-order valence-corrected chi connectivity index (χ0v) is 22.5. The van der Waals surface area contributed by atoms with Gasteiger partial charge in [0.25, 0.3) is 11.8 Å². The molecule has 2 aliphatic heterocycles. The minimum absolute atomic E-state index is 0.0154. The number of likely N-dealkylation sites (N-methyl/N-ethyl adjacent to an activating group) is 1. The number of hydrogen-bond acceptors (Lipinski definition) is 6. The Morgan fingerprint density at radius 3 is 2.63 bits per heavy atom. The van der Waals surface area contributed by atoms with Gasteiger partial charge in [-0.05, 0) is 18.1 Å². The maximum absolute atomic E-state index is 13.6. The summed E-state index contributed by atoms with van der Waals surface area (Å²) in [6.07, 6.45) is 0.502. The summed E-state index contributed by atoms with van der Waals surface area (Å²) in [4.78, 5) is 34.9. The lowest BCUT2D eigenvalue weighted by Gasteiger charge is -2.33. The van der Waals surface area contributed by atoms with E-state index in [4.69, 9.17) is 20.8 Å². The van der Waals surface area contributed by atoms with Gasteiger partial charge in [0.1, 0.15) is 29.1 Å². The predicted molar refractivity (Wildman–Crippen MR) is 143 cm³/mol. The van der Waals surface area contributed by atoms with E-state index in [0.717, 1.165) is 5.56 Å². The molecule has 4 heterocycles. The lowest BCUT2D eigenvalue weighted by atomic mass is 9.97. The Balaban J connectivity index is 1.28. The number of amides is 2. The minimum Gasteiger partial charge on any atom is -0.489 e. The number of aromatic nitrogens is 3. The number of carbonyl (C=O) groups is 2. The molecule has 0 spiro atoms. The number of hydrogen-bond donors (Lipinski definition) is 0. The van der Waals surface area contributed by atoms with Gasteiger partial charge in [-0.15, -0.1) is 0 Å². The summed E-state index contributed by atoms with van der Waals surface area (Å²) in [5.74, 6) is 0.549. The van der Waals surface area contributed by atoms with Crippen LogP contribution in [-0.2, 0) is 23.2 Å². The molecule has 196 valence electrons. The summed E-state index contributed by atoms with van der Waals surface area (Å²) in [7, 11) is 1.69. The van der Waals surface area contributed by atoms with Gasteiger partial charge >= 0.3 is 0 Å². The molecule has 0 aliphatic carbocycles. The highest BCUT2D eigenvalue weighted by molar-refractivity contribution is 6.31. The molecule has 9 nitrogen and oxygen atoms in total. The van der Waals surface area contributed by atoms with Crippen LogP contribution in [0.5, 0.6) is 5.75 Å². The van der Waals surface area contributed by atoms with Crippen LogP contribution < -0.4 is 9.64 Å². The lowest BCUT2D eigenvalue weighted by molar-refractivity contribution is -0.123. The van der Waals surface area contributed by atoms with Gasteiger partial charge in [-0.25, -0.2) is 9.67 Å². The first-order valence-electron chi connectivity index (χ1n) is 12.6. The lowest BCUT2D eigenvalue weighted by Crippen LogP contribution is -2.54. The molecular weight excluding hydrogens is 506 g/mol. The van der Waals surface area contributed by atoms with Gasteiger partial charge in [-0.3, -0.25) is 9.59 Å². The summed E-state index contributed by atoms with van der Waals surface area (Å²) in [6.45, 7) is 6.89. The zero-order chi connectivity index (χ0) is 26.8. The van der Waals surface area contributed by atoms with E-state index in [0.29, 0.717) is 58.7 Å². The number of benzene rings is 2. The first-order valence-corrected chi connectivity index (χ1v) is 12.9. The Bertz CT molecular complexity index is 1570. The first-order chi connectivity index (χ1) is 18.1. The van der Waals surface area contributed by atoms with Gasteiger partial charge < -0.3 is 19.0 Å². The number of oxazole rings is 1. The number of anilines is 1. The largest absolute Gasteiger partial charge is 0.489 e. The molecule has 0 N–H and O–H groups in total. The third-order valence-electron chi connectivity index (χ3n) is 7.08. The molecule has 38 heavy (non-hydrogen) atoms. The quantitative estimate of drug-likeness (QED) is 0.386. The molecule has 2 amide bonds. The molecule has 0 fully saturated rings. The van der Waals surface area contributed by atoms with Crippen molar-refractivity contribution in [3.63, 3.8) is 0 Å². The Kier molecular flexibility index (Phi) is 5.72. The van der Waals surface area contributed by atoms with Crippen molar-refractivity contribution < 1.29 is 18.7 Å². The van der Waals surface area contributed by atoms with Crippen LogP contribution in [0.3, 0.4) is 0 Å². The molecule has 0 unspecified atom stereocenters. The van der Waals surface area contributed by atoms with Crippen LogP contribution in [0.1, 0.15) is 48.3 Å². The van der Waals surface area contributed by atoms with E-state index in [1.54, 1.807) is 28.8 Å². The van der Waals surface area contributed by atoms with Gasteiger partial charge in [0.2, 0.25) is 5.89 Å². The van der Waals surface area contributed by atoms with Gasteiger partial charge in [0.05, 0.1) is 12.2 Å². The Hall–Kier alpha value is -3.85. The van der Waals surface area contributed by atoms with E-state index in [-0.39, 0.29) is 29.5 Å². The zero-order valence-electron chi connectivity index (χ0n) is 21.7. The average Bonchev–Trinajstić information content (AvgIpc) is 3.43. The normalized spacial score (nSPS) is 17.9. The Morgan fingerprint density at radius 1 is 1.13 bits per heavy atom. The van der Waals surface area contributed by atoms with Crippen molar-refractivity contribution in [2.24, 2.45) is 0 Å². The van der Waals surface area contributed by atoms with Gasteiger partial charge in [-0.1, -0.05) is 62.7 Å². The van der Waals surface area contributed by atoms with E-state index in [2.05, 4.69) is 10.1 Å². The van der Waals surface area contributed by atoms with E-state index in [1.807, 2.05) is 51.1 Å². The third kappa shape index (κ3) is 4.01. The Labute approximate surface area is 224 Å². The van der Waals surface area contributed by atoms with Crippen molar-refractivity contribution in [1.29, 1.82) is 0 Å². The fourth-order valence-corrected chi connectivity index (χ4v) is 5.23. The van der Waals surface area contributed by atoms with Crippen LogP contribution in [0.4, 0.5) is 5.69 Å². The number of fused-ring (bicyclic) bond motifs is 3. The smallest absolute Gasteiger partial charge is 0.275 e. The van der Waals surface area contributed by atoms with Crippen LogP contribution in [0.15, 0.2) is 46.9 Å². The van der Waals surface area contributed by atoms with Crippen molar-refractivity contribution in [3.8, 4) is 5.75 Å². The van der Waals surface area contributed by atoms with Crippen molar-refractivity contribution in [2.45, 2.75) is 45.2 Å². The molecular formula is C28H28ClN5O4. The molecule has 10 heteroatoms. The summed E-state index contributed by atoms with van der Waals surface area (Å²) in [6, 6.07) is 12.6. The molecule has 0 radical (unpaired) electrons. The highest BCUT2D eigenvalue weighted by Crippen LogP contribution is 2.38. The van der Waals surface area contributed by atoms with Crippen LogP contribution in [0.2, 0.25) is 5.15 Å². The maximum atomic E-state index is 13.6. The van der Waals surface area contributed by atoms with Gasteiger partial charge in [0, 0.05) is 30.6 Å². The fraction of sp³-hybridized carbons (Fsp3) is 0.357. The minimum atomic E-state index is -0.810. The van der Waals surface area contributed by atoms with Crippen molar-refractivity contribution in [1.82, 2.24) is 19.7 Å². The van der Waals surface area contributed by atoms with Crippen LogP contribution in [-0.4, -0.2) is 57.7 Å². The van der Waals surface area contributed by atoms with Gasteiger partial charge in [0.15, 0.2) is 11.3 Å². The number of nitrogens with zero attached hydrogens (tertiary/aromatic N) is 5. The van der Waals surface area contributed by atoms with E-state index in [9.17, 15) is 9.59 Å². The molecule has 0 saturated carbocycles. The monoisotopic (exact) mass is 533 g/mol. The van der Waals surface area contributed by atoms with Crippen molar-refractivity contribution in [2.75, 3.05) is 25.1 Å². The highest BCUT2D eigenvalue weighted by Gasteiger charge is 2.41. The molecule has 6 rings (SSSR count). The topological polar surface area (TPSA) is 93.7 Å². The van der Waals surface area contributed by atoms with Crippen LogP contribution >= 0.6 is 11.6 Å². The molecule has 2 aromatic carbocycles. The van der Waals surface area contributed by atoms with Crippen molar-refractivity contribution >= 4 is 40.2 Å². The number of rotatable bonds is 3. The van der Waals surface area contributed by atoms with Crippen LogP contribution in [0, 0.1) is 0 Å². The van der Waals surface area contributed by atoms with E-state index in [1.165, 1.54) is 4.90 Å². The van der Waals surface area contributed by atoms with Crippen molar-refractivity contribution in [3.05, 3.63) is 70.3 Å². The molecule has 1 atom stereocenters. The first kappa shape index (κ1) is 24.5. The summed E-state index contributed by atoms with van der Waals surface area (Å²) in [5.41, 5.74) is 3.58. The summed E-state index contributed by atoms with van der Waals surface area (Å²) < 4.78 is 13.7. The second-order valence-electron chi connectivity index (χ2n) is 10.8. The molecule has 2 aromatic heterocycles. The average molecular weight is 534 g/mol. The second-order valence-corrected chi connectivity index (χ2v) is 11.1. The second kappa shape index (κ2) is 8.87. The SMILES string of the molecule is CN1C(=O)[C@@H](N2CCc3c(nn(Cc4ccccc4)c3Cl)C2=O)COc2cc3oc(C(C)(C)C)nc3cc21. The van der Waals surface area contributed by atoms with Gasteiger partial charge in [-0.2, -0.15) is 5.10 Å². The standard InChI is InChI=1S/C28H28ClN5O4/c1-28(2,3)27-30-18-12-19-22(13-21(18)38-27)37-15-20(25(35)32(19)4)33-11-10-17-23(26(33)36)31-34(24(17)29)14-16-8-6-5-7-9-16/h5-9,12-13,20H,10-11,14-15H2,1-4H3/t20-/m0/s1.